The Kier molecular flexibility index (Phi) is 4.77. The molecule has 0 saturated heterocycles. The predicted molar refractivity (Wildman–Crippen MR) is 75.2 cm³/mol. The van der Waals surface area contributed by atoms with Gasteiger partial charge in [-0.25, -0.2) is 0 Å². The van der Waals surface area contributed by atoms with Gasteiger partial charge in [0.2, 0.25) is 0 Å². The molecular formula is C15H25NO2. The van der Waals surface area contributed by atoms with Gasteiger partial charge >= 0.3 is 0 Å². The van der Waals surface area contributed by atoms with Gasteiger partial charge < -0.3 is 14.7 Å². The molecule has 1 N–H and O–H groups in total. The van der Waals surface area contributed by atoms with Crippen molar-refractivity contribution in [3.63, 3.8) is 0 Å². The molecule has 0 aromatic heterocycles. The second kappa shape index (κ2) is 5.72. The predicted octanol–water partition coefficient (Wildman–Crippen LogP) is 2.25. The Bertz CT molecular complexity index is 399. The van der Waals surface area contributed by atoms with E-state index in [0.717, 1.165) is 11.3 Å². The lowest BCUT2D eigenvalue weighted by Gasteiger charge is -2.37. The van der Waals surface area contributed by atoms with Gasteiger partial charge in [0.15, 0.2) is 0 Å². The summed E-state index contributed by atoms with van der Waals surface area (Å²) in [6.07, 6.45) is 0.152. The van der Waals surface area contributed by atoms with Crippen molar-refractivity contribution in [3.05, 3.63) is 29.3 Å². The van der Waals surface area contributed by atoms with Crippen LogP contribution < -0.4 is 4.74 Å². The molecule has 1 aromatic carbocycles. The SMILES string of the molecule is COc1ccc(C)cc1CC(O)C(C)(C)N(C)C. The van der Waals surface area contributed by atoms with Crippen LogP contribution in [0.4, 0.5) is 0 Å². The number of benzene rings is 1. The van der Waals surface area contributed by atoms with Gasteiger partial charge in [-0.2, -0.15) is 0 Å². The van der Waals surface area contributed by atoms with Gasteiger partial charge in [0.25, 0.3) is 0 Å². The highest BCUT2D eigenvalue weighted by Crippen LogP contribution is 2.25. The molecule has 1 rings (SSSR count). The number of rotatable bonds is 5. The molecule has 3 heteroatoms. The van der Waals surface area contributed by atoms with Crippen molar-refractivity contribution in [2.45, 2.75) is 38.8 Å². The molecule has 0 bridgehead atoms. The van der Waals surface area contributed by atoms with Gasteiger partial charge in [0, 0.05) is 12.0 Å². The molecule has 1 unspecified atom stereocenters. The molecule has 0 radical (unpaired) electrons. The van der Waals surface area contributed by atoms with E-state index in [1.165, 1.54) is 5.56 Å². The smallest absolute Gasteiger partial charge is 0.122 e. The van der Waals surface area contributed by atoms with E-state index in [1.54, 1.807) is 7.11 Å². The number of hydrogen-bond acceptors (Lipinski definition) is 3. The summed E-state index contributed by atoms with van der Waals surface area (Å²) < 4.78 is 5.35. The Morgan fingerprint density at radius 3 is 2.44 bits per heavy atom. The Morgan fingerprint density at radius 1 is 1.33 bits per heavy atom. The van der Waals surface area contributed by atoms with Crippen LogP contribution in [-0.2, 0) is 6.42 Å². The van der Waals surface area contributed by atoms with Crippen LogP contribution in [0.25, 0.3) is 0 Å². The highest BCUT2D eigenvalue weighted by Gasteiger charge is 2.30. The lowest BCUT2D eigenvalue weighted by molar-refractivity contribution is 0.0179. The lowest BCUT2D eigenvalue weighted by Crippen LogP contribution is -2.49. The molecule has 0 amide bonds. The minimum atomic E-state index is -0.441. The van der Waals surface area contributed by atoms with E-state index in [-0.39, 0.29) is 5.54 Å². The lowest BCUT2D eigenvalue weighted by atomic mass is 9.90. The number of nitrogens with zero attached hydrogens (tertiary/aromatic N) is 1. The molecular weight excluding hydrogens is 226 g/mol. The zero-order chi connectivity index (χ0) is 13.9. The average Bonchev–Trinajstić information content (AvgIpc) is 2.29. The van der Waals surface area contributed by atoms with Gasteiger partial charge in [0.1, 0.15) is 5.75 Å². The third-order valence-corrected chi connectivity index (χ3v) is 3.82. The largest absolute Gasteiger partial charge is 0.496 e. The first-order chi connectivity index (χ1) is 8.28. The number of aliphatic hydroxyl groups is 1. The van der Waals surface area contributed by atoms with Gasteiger partial charge in [-0.05, 0) is 46.5 Å². The zero-order valence-corrected chi connectivity index (χ0v) is 12.3. The first-order valence-electron chi connectivity index (χ1n) is 6.28. The topological polar surface area (TPSA) is 32.7 Å². The number of methoxy groups -OCH3 is 1. The van der Waals surface area contributed by atoms with Crippen LogP contribution in [0.1, 0.15) is 25.0 Å². The summed E-state index contributed by atoms with van der Waals surface area (Å²) in [6.45, 7) is 6.13. The molecule has 3 nitrogen and oxygen atoms in total. The summed E-state index contributed by atoms with van der Waals surface area (Å²) in [5, 5.41) is 10.4. The van der Waals surface area contributed by atoms with Gasteiger partial charge in [-0.3, -0.25) is 0 Å². The number of aliphatic hydroxyl groups excluding tert-OH is 1. The molecule has 1 aromatic rings. The molecule has 1 atom stereocenters. The van der Waals surface area contributed by atoms with E-state index in [2.05, 4.69) is 6.07 Å². The summed E-state index contributed by atoms with van der Waals surface area (Å²) in [4.78, 5) is 2.04. The monoisotopic (exact) mass is 251 g/mol. The van der Waals surface area contributed by atoms with Crippen LogP contribution in [0.15, 0.2) is 18.2 Å². The van der Waals surface area contributed by atoms with Crippen LogP contribution in [0.3, 0.4) is 0 Å². The van der Waals surface area contributed by atoms with Crippen LogP contribution in [0.2, 0.25) is 0 Å². The number of ether oxygens (including phenoxy) is 1. The van der Waals surface area contributed by atoms with Crippen molar-refractivity contribution in [3.8, 4) is 5.75 Å². The fourth-order valence-corrected chi connectivity index (χ4v) is 1.82. The number of hydrogen-bond donors (Lipinski definition) is 1. The quantitative estimate of drug-likeness (QED) is 0.871. The molecule has 0 saturated carbocycles. The van der Waals surface area contributed by atoms with E-state index < -0.39 is 6.10 Å². The number of aryl methyl sites for hydroxylation is 1. The van der Waals surface area contributed by atoms with E-state index in [9.17, 15) is 5.11 Å². The fraction of sp³-hybridized carbons (Fsp3) is 0.600. The maximum atomic E-state index is 10.4. The summed E-state index contributed by atoms with van der Waals surface area (Å²) in [6, 6.07) is 6.06. The van der Waals surface area contributed by atoms with E-state index in [1.807, 2.05) is 51.9 Å². The third-order valence-electron chi connectivity index (χ3n) is 3.82. The molecule has 102 valence electrons. The molecule has 0 aliphatic heterocycles. The van der Waals surface area contributed by atoms with Crippen molar-refractivity contribution < 1.29 is 9.84 Å². The molecule has 18 heavy (non-hydrogen) atoms. The van der Waals surface area contributed by atoms with Crippen molar-refractivity contribution >= 4 is 0 Å². The normalized spacial score (nSPS) is 13.8. The van der Waals surface area contributed by atoms with E-state index in [4.69, 9.17) is 4.74 Å². The molecule has 0 heterocycles. The molecule has 0 aliphatic carbocycles. The van der Waals surface area contributed by atoms with Crippen LogP contribution in [-0.4, -0.2) is 42.9 Å². The highest BCUT2D eigenvalue weighted by molar-refractivity contribution is 5.37. The zero-order valence-electron chi connectivity index (χ0n) is 12.3. The third kappa shape index (κ3) is 3.24. The Morgan fingerprint density at radius 2 is 1.94 bits per heavy atom. The first-order valence-corrected chi connectivity index (χ1v) is 6.28. The van der Waals surface area contributed by atoms with E-state index >= 15 is 0 Å². The van der Waals surface area contributed by atoms with Gasteiger partial charge in [0.05, 0.1) is 13.2 Å². The second-order valence-electron chi connectivity index (χ2n) is 5.58. The van der Waals surface area contributed by atoms with Crippen LogP contribution in [0, 0.1) is 6.92 Å². The van der Waals surface area contributed by atoms with Crippen molar-refractivity contribution in [2.75, 3.05) is 21.2 Å². The maximum Gasteiger partial charge on any atom is 0.122 e. The van der Waals surface area contributed by atoms with Gasteiger partial charge in [-0.15, -0.1) is 0 Å². The van der Waals surface area contributed by atoms with Gasteiger partial charge in [-0.1, -0.05) is 17.7 Å². The maximum absolute atomic E-state index is 10.4. The Balaban J connectivity index is 2.94. The fourth-order valence-electron chi connectivity index (χ4n) is 1.82. The minimum Gasteiger partial charge on any atom is -0.496 e. The summed E-state index contributed by atoms with van der Waals surface area (Å²) in [7, 11) is 5.63. The average molecular weight is 251 g/mol. The van der Waals surface area contributed by atoms with Crippen LogP contribution in [0.5, 0.6) is 5.75 Å². The molecule has 0 aliphatic rings. The van der Waals surface area contributed by atoms with E-state index in [0.29, 0.717) is 6.42 Å². The standard InChI is InChI=1S/C15H25NO2/c1-11-7-8-13(18-6)12(9-11)10-14(17)15(2,3)16(4)5/h7-9,14,17H,10H2,1-6H3. The molecule has 0 spiro atoms. The molecule has 0 fully saturated rings. The van der Waals surface area contributed by atoms with Crippen molar-refractivity contribution in [2.24, 2.45) is 0 Å². The minimum absolute atomic E-state index is 0.269. The van der Waals surface area contributed by atoms with Crippen molar-refractivity contribution in [1.29, 1.82) is 0 Å². The highest BCUT2D eigenvalue weighted by atomic mass is 16.5. The second-order valence-corrected chi connectivity index (χ2v) is 5.58. The Labute approximate surface area is 110 Å². The number of likely N-dealkylation sites (N-methyl/N-ethyl adjacent to an activating group) is 1. The summed E-state index contributed by atoms with van der Waals surface area (Å²) >= 11 is 0. The summed E-state index contributed by atoms with van der Waals surface area (Å²) in [5.74, 6) is 0.842. The summed E-state index contributed by atoms with van der Waals surface area (Å²) in [5.41, 5.74) is 1.97. The first kappa shape index (κ1) is 15.0. The Hall–Kier alpha value is -1.06. The van der Waals surface area contributed by atoms with Crippen molar-refractivity contribution in [1.82, 2.24) is 4.90 Å². The van der Waals surface area contributed by atoms with Crippen LogP contribution >= 0.6 is 0 Å².